The predicted molar refractivity (Wildman–Crippen MR) is 87.6 cm³/mol. The molecular weight excluding hydrogens is 332 g/mol. The van der Waals surface area contributed by atoms with Gasteiger partial charge in [-0.15, -0.1) is 0 Å². The first kappa shape index (κ1) is 15.3. The van der Waals surface area contributed by atoms with Crippen LogP contribution in [0.5, 0.6) is 0 Å². The summed E-state index contributed by atoms with van der Waals surface area (Å²) in [6.45, 7) is 3.78. The molecule has 6 heteroatoms. The molecule has 110 valence electrons. The number of benzene rings is 1. The molecule has 5 nitrogen and oxygen atoms in total. The van der Waals surface area contributed by atoms with Crippen molar-refractivity contribution < 1.29 is 5.21 Å². The van der Waals surface area contributed by atoms with Gasteiger partial charge in [0.2, 0.25) is 0 Å². The maximum Gasteiger partial charge on any atom is 0.171 e. The lowest BCUT2D eigenvalue weighted by Crippen LogP contribution is -2.22. The number of nitrogens with zero attached hydrogens (tertiary/aromatic N) is 3. The van der Waals surface area contributed by atoms with Gasteiger partial charge in [0.1, 0.15) is 0 Å². The van der Waals surface area contributed by atoms with Crippen molar-refractivity contribution >= 4 is 27.5 Å². The maximum atomic E-state index is 8.76. The molecule has 0 radical (unpaired) electrons. The lowest BCUT2D eigenvalue weighted by Gasteiger charge is -2.24. The molecule has 0 saturated carbocycles. The number of pyridine rings is 1. The fourth-order valence-electron chi connectivity index (χ4n) is 2.06. The van der Waals surface area contributed by atoms with Crippen molar-refractivity contribution in [3.05, 3.63) is 58.3 Å². The van der Waals surface area contributed by atoms with Crippen LogP contribution < -0.4 is 10.6 Å². The highest BCUT2D eigenvalue weighted by molar-refractivity contribution is 9.10. The molecule has 0 bridgehead atoms. The minimum atomic E-state index is 0.0885. The molecule has 0 saturated heterocycles. The zero-order valence-electron chi connectivity index (χ0n) is 11.7. The number of aromatic nitrogens is 1. The first-order valence-electron chi connectivity index (χ1n) is 6.57. The zero-order chi connectivity index (χ0) is 15.2. The van der Waals surface area contributed by atoms with Gasteiger partial charge >= 0.3 is 0 Å². The molecule has 0 aliphatic rings. The number of hydrogen-bond acceptors (Lipinski definition) is 4. The van der Waals surface area contributed by atoms with Crippen LogP contribution in [0.15, 0.2) is 52.4 Å². The van der Waals surface area contributed by atoms with Gasteiger partial charge in [-0.3, -0.25) is 4.98 Å². The number of amidine groups is 1. The molecule has 2 aromatic rings. The van der Waals surface area contributed by atoms with Gasteiger partial charge in [-0.05, 0) is 58.7 Å². The second-order valence-electron chi connectivity index (χ2n) is 4.52. The topological polar surface area (TPSA) is 74.7 Å². The third-order valence-corrected chi connectivity index (χ3v) is 3.86. The molecule has 1 heterocycles. The first-order valence-corrected chi connectivity index (χ1v) is 7.36. The van der Waals surface area contributed by atoms with Crippen LogP contribution in [-0.4, -0.2) is 22.6 Å². The summed E-state index contributed by atoms with van der Waals surface area (Å²) in [5.41, 5.74) is 8.56. The molecule has 1 aromatic heterocycles. The Morgan fingerprint density at radius 1 is 1.33 bits per heavy atom. The van der Waals surface area contributed by atoms with Crippen molar-refractivity contribution in [3.8, 4) is 0 Å². The molecule has 3 N–H and O–H groups in total. The van der Waals surface area contributed by atoms with E-state index in [4.69, 9.17) is 10.9 Å². The van der Waals surface area contributed by atoms with Crippen LogP contribution in [0.3, 0.4) is 0 Å². The summed E-state index contributed by atoms with van der Waals surface area (Å²) >= 11 is 3.46. The van der Waals surface area contributed by atoms with Crippen LogP contribution in [0.25, 0.3) is 0 Å². The normalized spacial score (nSPS) is 11.4. The Kier molecular flexibility index (Phi) is 5.16. The molecule has 0 amide bonds. The van der Waals surface area contributed by atoms with E-state index in [-0.39, 0.29) is 5.84 Å². The molecule has 0 aliphatic carbocycles. The summed E-state index contributed by atoms with van der Waals surface area (Å²) in [6.07, 6.45) is 3.58. The van der Waals surface area contributed by atoms with E-state index in [1.807, 2.05) is 30.3 Å². The highest BCUT2D eigenvalue weighted by Crippen LogP contribution is 2.25. The summed E-state index contributed by atoms with van der Waals surface area (Å²) in [4.78, 5) is 6.26. The molecule has 1 aromatic carbocycles. The van der Waals surface area contributed by atoms with E-state index in [1.54, 1.807) is 12.4 Å². The van der Waals surface area contributed by atoms with E-state index in [2.05, 4.69) is 37.9 Å². The predicted octanol–water partition coefficient (Wildman–Crippen LogP) is 2.97. The van der Waals surface area contributed by atoms with Crippen LogP contribution in [0.4, 0.5) is 5.69 Å². The van der Waals surface area contributed by atoms with Gasteiger partial charge in [-0.1, -0.05) is 5.16 Å². The number of nitrogens with two attached hydrogens (primary N) is 1. The van der Waals surface area contributed by atoms with Crippen LogP contribution in [-0.2, 0) is 6.54 Å². The third kappa shape index (κ3) is 3.72. The molecular formula is C15H17BrN4O. The molecule has 0 atom stereocenters. The largest absolute Gasteiger partial charge is 0.409 e. The molecule has 0 aliphatic heterocycles. The van der Waals surface area contributed by atoms with Gasteiger partial charge in [0.05, 0.1) is 0 Å². The Morgan fingerprint density at radius 2 is 2.05 bits per heavy atom. The third-order valence-electron chi connectivity index (χ3n) is 3.21. The fourth-order valence-corrected chi connectivity index (χ4v) is 2.63. The maximum absolute atomic E-state index is 8.76. The van der Waals surface area contributed by atoms with Crippen molar-refractivity contribution in [3.63, 3.8) is 0 Å². The van der Waals surface area contributed by atoms with Gasteiger partial charge in [0, 0.05) is 41.2 Å². The molecule has 0 fully saturated rings. The summed E-state index contributed by atoms with van der Waals surface area (Å²) in [5, 5.41) is 11.8. The average Bonchev–Trinajstić information content (AvgIpc) is 2.52. The standard InChI is InChI=1S/C15H17BrN4O/c1-2-20(10-11-5-7-18-8-6-11)12-3-4-13(14(16)9-12)15(17)19-21/h3-9,21H,2,10H2,1H3,(H2,17,19). The van der Waals surface area contributed by atoms with Crippen molar-refractivity contribution in [1.82, 2.24) is 4.98 Å². The van der Waals surface area contributed by atoms with Crippen molar-refractivity contribution in [1.29, 1.82) is 0 Å². The minimum absolute atomic E-state index is 0.0885. The smallest absolute Gasteiger partial charge is 0.171 e. The number of hydrogen-bond donors (Lipinski definition) is 2. The summed E-state index contributed by atoms with van der Waals surface area (Å²) < 4.78 is 0.795. The Morgan fingerprint density at radius 3 is 2.62 bits per heavy atom. The van der Waals surface area contributed by atoms with Crippen LogP contribution in [0.2, 0.25) is 0 Å². The van der Waals surface area contributed by atoms with E-state index in [1.165, 1.54) is 5.56 Å². The van der Waals surface area contributed by atoms with E-state index in [0.717, 1.165) is 23.2 Å². The number of rotatable bonds is 5. The van der Waals surface area contributed by atoms with Crippen LogP contribution in [0.1, 0.15) is 18.1 Å². The molecule has 21 heavy (non-hydrogen) atoms. The van der Waals surface area contributed by atoms with Gasteiger partial charge in [0.15, 0.2) is 5.84 Å². The molecule has 0 spiro atoms. The van der Waals surface area contributed by atoms with E-state index in [0.29, 0.717) is 5.56 Å². The fraction of sp³-hybridized carbons (Fsp3) is 0.200. The van der Waals surface area contributed by atoms with E-state index < -0.39 is 0 Å². The van der Waals surface area contributed by atoms with Crippen molar-refractivity contribution in [2.24, 2.45) is 10.9 Å². The van der Waals surface area contributed by atoms with E-state index in [9.17, 15) is 0 Å². The summed E-state index contributed by atoms with van der Waals surface area (Å²) in [5.74, 6) is 0.0885. The lowest BCUT2D eigenvalue weighted by molar-refractivity contribution is 0.318. The quantitative estimate of drug-likeness (QED) is 0.377. The minimum Gasteiger partial charge on any atom is -0.409 e. The van der Waals surface area contributed by atoms with Crippen molar-refractivity contribution in [2.45, 2.75) is 13.5 Å². The van der Waals surface area contributed by atoms with Gasteiger partial charge < -0.3 is 15.8 Å². The Hall–Kier alpha value is -2.08. The number of oxime groups is 1. The first-order chi connectivity index (χ1) is 10.2. The Bertz CT molecular complexity index is 631. The Labute approximate surface area is 132 Å². The number of anilines is 1. The van der Waals surface area contributed by atoms with Crippen LogP contribution >= 0.6 is 15.9 Å². The molecule has 0 unspecified atom stereocenters. The second kappa shape index (κ2) is 7.08. The second-order valence-corrected chi connectivity index (χ2v) is 5.37. The van der Waals surface area contributed by atoms with E-state index >= 15 is 0 Å². The van der Waals surface area contributed by atoms with Gasteiger partial charge in [0.25, 0.3) is 0 Å². The summed E-state index contributed by atoms with van der Waals surface area (Å²) in [7, 11) is 0. The van der Waals surface area contributed by atoms with Gasteiger partial charge in [-0.2, -0.15) is 0 Å². The van der Waals surface area contributed by atoms with Gasteiger partial charge in [-0.25, -0.2) is 0 Å². The lowest BCUT2D eigenvalue weighted by atomic mass is 10.1. The monoisotopic (exact) mass is 348 g/mol. The van der Waals surface area contributed by atoms with Crippen molar-refractivity contribution in [2.75, 3.05) is 11.4 Å². The SMILES string of the molecule is CCN(Cc1ccncc1)c1ccc(/C(N)=N/O)c(Br)c1. The highest BCUT2D eigenvalue weighted by atomic mass is 79.9. The highest BCUT2D eigenvalue weighted by Gasteiger charge is 2.10. The Balaban J connectivity index is 2.25. The number of halogens is 1. The van der Waals surface area contributed by atoms with Crippen LogP contribution in [0, 0.1) is 0 Å². The zero-order valence-corrected chi connectivity index (χ0v) is 13.3. The summed E-state index contributed by atoms with van der Waals surface area (Å²) in [6, 6.07) is 9.77. The molecule has 2 rings (SSSR count). The average molecular weight is 349 g/mol.